The van der Waals surface area contributed by atoms with Crippen molar-refractivity contribution in [2.24, 2.45) is 5.41 Å². The fourth-order valence-electron chi connectivity index (χ4n) is 1.56. The Morgan fingerprint density at radius 2 is 1.83 bits per heavy atom. The van der Waals surface area contributed by atoms with Gasteiger partial charge in [-0.25, -0.2) is 0 Å². The summed E-state index contributed by atoms with van der Waals surface area (Å²) in [4.78, 5) is 2.48. The lowest BCUT2D eigenvalue weighted by Crippen LogP contribution is -2.42. The molecule has 1 fully saturated rings. The Kier molecular flexibility index (Phi) is 3.53. The molecule has 12 heavy (non-hydrogen) atoms. The first kappa shape index (κ1) is 10.0. The van der Waals surface area contributed by atoms with Crippen molar-refractivity contribution < 1.29 is 4.74 Å². The van der Waals surface area contributed by atoms with Crippen molar-refractivity contribution in [1.82, 2.24) is 4.90 Å². The van der Waals surface area contributed by atoms with E-state index in [1.165, 1.54) is 26.1 Å². The minimum absolute atomic E-state index is 0.489. The molecule has 2 nitrogen and oxygen atoms in total. The molecule has 1 aliphatic rings. The molecule has 1 saturated heterocycles. The van der Waals surface area contributed by atoms with E-state index < -0.39 is 0 Å². The molecule has 1 heterocycles. The van der Waals surface area contributed by atoms with E-state index in [9.17, 15) is 0 Å². The normalized spacial score (nSPS) is 21.0. The molecule has 0 saturated carbocycles. The van der Waals surface area contributed by atoms with E-state index in [-0.39, 0.29) is 0 Å². The summed E-state index contributed by atoms with van der Waals surface area (Å²) in [7, 11) is 0. The molecule has 0 aliphatic carbocycles. The van der Waals surface area contributed by atoms with Gasteiger partial charge >= 0.3 is 0 Å². The van der Waals surface area contributed by atoms with Crippen molar-refractivity contribution in [3.63, 3.8) is 0 Å². The molecule has 0 amide bonds. The predicted octanol–water partition coefficient (Wildman–Crippen LogP) is 1.75. The maximum Gasteiger partial charge on any atom is 0.0542 e. The van der Waals surface area contributed by atoms with E-state index in [1.54, 1.807) is 0 Å². The average molecular weight is 171 g/mol. The Labute approximate surface area is 75.9 Å². The van der Waals surface area contributed by atoms with Gasteiger partial charge in [-0.15, -0.1) is 0 Å². The van der Waals surface area contributed by atoms with Gasteiger partial charge in [0.2, 0.25) is 0 Å². The summed E-state index contributed by atoms with van der Waals surface area (Å²) in [5, 5.41) is 0. The predicted molar refractivity (Wildman–Crippen MR) is 51.3 cm³/mol. The molecule has 0 radical (unpaired) electrons. The zero-order valence-electron chi connectivity index (χ0n) is 8.60. The first-order valence-corrected chi connectivity index (χ1v) is 5.00. The van der Waals surface area contributed by atoms with Crippen LogP contribution in [-0.4, -0.2) is 37.7 Å². The Morgan fingerprint density at radius 3 is 2.17 bits per heavy atom. The van der Waals surface area contributed by atoms with Crippen molar-refractivity contribution >= 4 is 0 Å². The summed E-state index contributed by atoms with van der Waals surface area (Å²) in [5.74, 6) is 0. The maximum atomic E-state index is 5.22. The van der Waals surface area contributed by atoms with Crippen LogP contribution in [-0.2, 0) is 4.74 Å². The molecule has 2 heteroatoms. The fourth-order valence-corrected chi connectivity index (χ4v) is 1.56. The lowest BCUT2D eigenvalue weighted by molar-refractivity contribution is -0.108. The van der Waals surface area contributed by atoms with Crippen LogP contribution in [0, 0.1) is 5.41 Å². The van der Waals surface area contributed by atoms with E-state index in [4.69, 9.17) is 4.74 Å². The molecule has 0 aromatic rings. The maximum absolute atomic E-state index is 5.22. The minimum atomic E-state index is 0.489. The number of rotatable bonds is 5. The van der Waals surface area contributed by atoms with Gasteiger partial charge in [0, 0.05) is 5.41 Å². The van der Waals surface area contributed by atoms with Gasteiger partial charge in [0.15, 0.2) is 0 Å². The summed E-state index contributed by atoms with van der Waals surface area (Å²) < 4.78 is 5.22. The summed E-state index contributed by atoms with van der Waals surface area (Å²) in [6, 6.07) is 0. The second-order valence-electron chi connectivity index (χ2n) is 4.08. The van der Waals surface area contributed by atoms with Gasteiger partial charge in [0.05, 0.1) is 13.2 Å². The molecule has 0 bridgehead atoms. The van der Waals surface area contributed by atoms with Crippen molar-refractivity contribution in [1.29, 1.82) is 0 Å². The topological polar surface area (TPSA) is 12.5 Å². The summed E-state index contributed by atoms with van der Waals surface area (Å²) in [6.45, 7) is 12.3. The Morgan fingerprint density at radius 1 is 1.25 bits per heavy atom. The molecule has 0 aromatic carbocycles. The highest BCUT2D eigenvalue weighted by Gasteiger charge is 2.32. The van der Waals surface area contributed by atoms with Crippen LogP contribution in [0.3, 0.4) is 0 Å². The van der Waals surface area contributed by atoms with E-state index in [0.717, 1.165) is 13.2 Å². The lowest BCUT2D eigenvalue weighted by atomic mass is 9.85. The first-order valence-electron chi connectivity index (χ1n) is 5.00. The lowest BCUT2D eigenvalue weighted by Gasteiger charge is -2.39. The zero-order valence-corrected chi connectivity index (χ0v) is 8.60. The Balaban J connectivity index is 2.14. The third kappa shape index (κ3) is 2.46. The highest BCUT2D eigenvalue weighted by atomic mass is 16.5. The third-order valence-corrected chi connectivity index (χ3v) is 2.83. The highest BCUT2D eigenvalue weighted by Crippen LogP contribution is 2.30. The van der Waals surface area contributed by atoms with E-state index in [1.807, 2.05) is 0 Å². The van der Waals surface area contributed by atoms with Crippen molar-refractivity contribution in [2.45, 2.75) is 27.2 Å². The fraction of sp³-hybridized carbons (Fsp3) is 1.00. The summed E-state index contributed by atoms with van der Waals surface area (Å²) >= 11 is 0. The minimum Gasteiger partial charge on any atom is -0.380 e. The number of nitrogens with zero attached hydrogens (tertiary/aromatic N) is 1. The van der Waals surface area contributed by atoms with Crippen molar-refractivity contribution in [2.75, 3.05) is 32.8 Å². The molecule has 0 spiro atoms. The van der Waals surface area contributed by atoms with Gasteiger partial charge in [0.25, 0.3) is 0 Å². The van der Waals surface area contributed by atoms with Crippen molar-refractivity contribution in [3.8, 4) is 0 Å². The van der Waals surface area contributed by atoms with Crippen molar-refractivity contribution in [3.05, 3.63) is 0 Å². The van der Waals surface area contributed by atoms with Gasteiger partial charge in [-0.3, -0.25) is 0 Å². The van der Waals surface area contributed by atoms with Gasteiger partial charge < -0.3 is 9.64 Å². The summed E-state index contributed by atoms with van der Waals surface area (Å²) in [6.07, 6.45) is 1.29. The quantitative estimate of drug-likeness (QED) is 0.625. The first-order chi connectivity index (χ1) is 5.70. The molecule has 0 atom stereocenters. The molecule has 1 rings (SSSR count). The average Bonchev–Trinajstić information content (AvgIpc) is 2.03. The summed E-state index contributed by atoms with van der Waals surface area (Å²) in [5.41, 5.74) is 0.489. The van der Waals surface area contributed by atoms with Crippen LogP contribution < -0.4 is 0 Å². The van der Waals surface area contributed by atoms with Crippen LogP contribution in [0.1, 0.15) is 27.2 Å². The molecule has 0 unspecified atom stereocenters. The monoisotopic (exact) mass is 171 g/mol. The highest BCUT2D eigenvalue weighted by molar-refractivity contribution is 4.81. The van der Waals surface area contributed by atoms with Crippen LogP contribution in [0.2, 0.25) is 0 Å². The molecule has 72 valence electrons. The number of hydrogen-bond donors (Lipinski definition) is 0. The molecule has 1 aliphatic heterocycles. The largest absolute Gasteiger partial charge is 0.380 e. The second-order valence-corrected chi connectivity index (χ2v) is 4.08. The zero-order chi connectivity index (χ0) is 9.03. The van der Waals surface area contributed by atoms with Crippen LogP contribution in [0.4, 0.5) is 0 Å². The molecular formula is C10H21NO. The van der Waals surface area contributed by atoms with Gasteiger partial charge in [-0.2, -0.15) is 0 Å². The second kappa shape index (κ2) is 4.24. The molecule has 0 N–H and O–H groups in total. The SMILES string of the molecule is CCN(CC)CCC1(C)COC1. The van der Waals surface area contributed by atoms with Gasteiger partial charge in [0.1, 0.15) is 0 Å². The number of ether oxygens (including phenoxy) is 1. The van der Waals surface area contributed by atoms with Crippen LogP contribution in [0.25, 0.3) is 0 Å². The standard InChI is InChI=1S/C10H21NO/c1-4-11(5-2)7-6-10(3)8-12-9-10/h4-9H2,1-3H3. The molecular weight excluding hydrogens is 150 g/mol. The van der Waals surface area contributed by atoms with Gasteiger partial charge in [-0.05, 0) is 26.1 Å². The van der Waals surface area contributed by atoms with E-state index >= 15 is 0 Å². The van der Waals surface area contributed by atoms with Crippen LogP contribution in [0.5, 0.6) is 0 Å². The van der Waals surface area contributed by atoms with Crippen LogP contribution >= 0.6 is 0 Å². The Bertz CT molecular complexity index is 128. The Hall–Kier alpha value is -0.0800. The van der Waals surface area contributed by atoms with Gasteiger partial charge in [-0.1, -0.05) is 20.8 Å². The van der Waals surface area contributed by atoms with Crippen LogP contribution in [0.15, 0.2) is 0 Å². The smallest absolute Gasteiger partial charge is 0.0542 e. The van der Waals surface area contributed by atoms with E-state index in [0.29, 0.717) is 5.41 Å². The number of hydrogen-bond acceptors (Lipinski definition) is 2. The molecule has 0 aromatic heterocycles. The third-order valence-electron chi connectivity index (χ3n) is 2.83. The van der Waals surface area contributed by atoms with E-state index in [2.05, 4.69) is 25.7 Å².